The zero-order valence-corrected chi connectivity index (χ0v) is 20.0. The van der Waals surface area contributed by atoms with Gasteiger partial charge < -0.3 is 14.5 Å². The Morgan fingerprint density at radius 2 is 1.78 bits per heavy atom. The zero-order chi connectivity index (χ0) is 20.1. The molecule has 0 spiro atoms. The zero-order valence-electron chi connectivity index (χ0n) is 17.5. The Morgan fingerprint density at radius 3 is 2.26 bits per heavy atom. The minimum atomic E-state index is -1.81. The molecule has 1 unspecified atom stereocenters. The summed E-state index contributed by atoms with van der Waals surface area (Å²) in [5.74, 6) is 0. The van der Waals surface area contributed by atoms with Crippen LogP contribution < -0.4 is 5.32 Å². The molecule has 1 fully saturated rings. The first-order valence-corrected chi connectivity index (χ1v) is 13.5. The largest absolute Gasteiger partial charge is 0.409 e. The van der Waals surface area contributed by atoms with Gasteiger partial charge in [0.15, 0.2) is 8.32 Å². The molecular formula is C21H35Cl2NO2Si. The highest BCUT2D eigenvalue weighted by atomic mass is 35.5. The van der Waals surface area contributed by atoms with Crippen LogP contribution in [0.2, 0.25) is 28.2 Å². The van der Waals surface area contributed by atoms with Gasteiger partial charge in [-0.25, -0.2) is 0 Å². The Kier molecular flexibility index (Phi) is 8.66. The Balaban J connectivity index is 2.23. The van der Waals surface area contributed by atoms with Gasteiger partial charge in [0, 0.05) is 35.3 Å². The Morgan fingerprint density at radius 1 is 1.19 bits per heavy atom. The van der Waals surface area contributed by atoms with E-state index in [1.54, 1.807) is 0 Å². The number of hydrogen-bond acceptors (Lipinski definition) is 3. The van der Waals surface area contributed by atoms with Gasteiger partial charge in [0.2, 0.25) is 0 Å². The highest BCUT2D eigenvalue weighted by molar-refractivity contribution is 6.73. The number of nitrogens with one attached hydrogen (secondary N) is 1. The molecule has 6 heteroatoms. The lowest BCUT2D eigenvalue weighted by Gasteiger charge is -2.35. The maximum Gasteiger partial charge on any atom is 0.192 e. The molecule has 2 atom stereocenters. The summed E-state index contributed by atoms with van der Waals surface area (Å²) in [6, 6.07) is 7.25. The predicted octanol–water partition coefficient (Wildman–Crippen LogP) is 6.52. The quantitative estimate of drug-likeness (QED) is 0.427. The van der Waals surface area contributed by atoms with E-state index in [9.17, 15) is 0 Å². The SMILES string of the molecule is CC[Si](CC)(CC)OC(CNC[C@]1(C)CCCO1)c1c(Cl)cc(C)cc1Cl. The lowest BCUT2D eigenvalue weighted by molar-refractivity contribution is 0.0188. The summed E-state index contributed by atoms with van der Waals surface area (Å²) in [5.41, 5.74) is 1.90. The van der Waals surface area contributed by atoms with Gasteiger partial charge in [-0.15, -0.1) is 0 Å². The molecule has 1 saturated heterocycles. The van der Waals surface area contributed by atoms with E-state index in [4.69, 9.17) is 32.4 Å². The van der Waals surface area contributed by atoms with Crippen LogP contribution in [0.4, 0.5) is 0 Å². The second-order valence-electron chi connectivity index (χ2n) is 8.03. The molecule has 1 aliphatic rings. The van der Waals surface area contributed by atoms with Crippen LogP contribution in [0, 0.1) is 6.92 Å². The van der Waals surface area contributed by atoms with E-state index < -0.39 is 8.32 Å². The van der Waals surface area contributed by atoms with Gasteiger partial charge in [-0.2, -0.15) is 0 Å². The molecular weight excluding hydrogens is 397 g/mol. The summed E-state index contributed by atoms with van der Waals surface area (Å²) >= 11 is 13.2. The van der Waals surface area contributed by atoms with Crippen molar-refractivity contribution in [2.75, 3.05) is 19.7 Å². The number of halogens is 2. The van der Waals surface area contributed by atoms with Crippen LogP contribution in [0.3, 0.4) is 0 Å². The summed E-state index contributed by atoms with van der Waals surface area (Å²) < 4.78 is 12.7. The van der Waals surface area contributed by atoms with E-state index in [0.717, 1.165) is 55.3 Å². The predicted molar refractivity (Wildman–Crippen MR) is 119 cm³/mol. The Labute approximate surface area is 176 Å². The standard InChI is InChI=1S/C21H35Cl2NO2Si/c1-6-27(7-2,8-3)26-19(14-24-15-21(5)10-9-11-25-21)20-17(22)12-16(4)13-18(20)23/h12-13,19,24H,6-11,14-15H2,1-5H3/t19?,21-/m0/s1. The molecule has 2 rings (SSSR count). The van der Waals surface area contributed by atoms with Crippen LogP contribution in [0.25, 0.3) is 0 Å². The van der Waals surface area contributed by atoms with Crippen molar-refractivity contribution in [1.29, 1.82) is 0 Å². The third-order valence-corrected chi connectivity index (χ3v) is 11.3. The lowest BCUT2D eigenvalue weighted by atomic mass is 10.0. The molecule has 1 aromatic carbocycles. The third-order valence-electron chi connectivity index (χ3n) is 6.00. The number of rotatable bonds is 10. The number of ether oxygens (including phenoxy) is 1. The smallest absolute Gasteiger partial charge is 0.192 e. The average Bonchev–Trinajstić information content (AvgIpc) is 3.05. The van der Waals surface area contributed by atoms with Crippen molar-refractivity contribution in [2.24, 2.45) is 0 Å². The van der Waals surface area contributed by atoms with Crippen molar-refractivity contribution < 1.29 is 9.16 Å². The maximum absolute atomic E-state index is 6.84. The fourth-order valence-corrected chi connectivity index (χ4v) is 7.61. The molecule has 1 heterocycles. The topological polar surface area (TPSA) is 30.5 Å². The molecule has 0 bridgehead atoms. The molecule has 0 saturated carbocycles. The number of benzene rings is 1. The molecule has 0 radical (unpaired) electrons. The van der Waals surface area contributed by atoms with E-state index in [-0.39, 0.29) is 11.7 Å². The molecule has 0 amide bonds. The third kappa shape index (κ3) is 5.94. The summed E-state index contributed by atoms with van der Waals surface area (Å²) in [6.45, 7) is 13.3. The van der Waals surface area contributed by atoms with E-state index >= 15 is 0 Å². The van der Waals surface area contributed by atoms with Gasteiger partial charge in [-0.05, 0) is 62.5 Å². The molecule has 1 aromatic rings. The minimum absolute atomic E-state index is 0.0831. The van der Waals surface area contributed by atoms with E-state index in [0.29, 0.717) is 16.6 Å². The van der Waals surface area contributed by atoms with Crippen LogP contribution in [-0.2, 0) is 9.16 Å². The van der Waals surface area contributed by atoms with Crippen molar-refractivity contribution in [3.63, 3.8) is 0 Å². The van der Waals surface area contributed by atoms with Crippen LogP contribution in [0.15, 0.2) is 12.1 Å². The lowest BCUT2D eigenvalue weighted by Crippen LogP contribution is -2.43. The monoisotopic (exact) mass is 431 g/mol. The molecule has 0 aliphatic carbocycles. The first-order chi connectivity index (χ1) is 12.8. The fourth-order valence-electron chi connectivity index (χ4n) is 3.97. The van der Waals surface area contributed by atoms with E-state index in [1.165, 1.54) is 0 Å². The second-order valence-corrected chi connectivity index (χ2v) is 13.6. The van der Waals surface area contributed by atoms with Gasteiger partial charge >= 0.3 is 0 Å². The normalized spacial score (nSPS) is 21.6. The molecule has 0 aromatic heterocycles. The Hall–Kier alpha value is -0.103. The van der Waals surface area contributed by atoms with Crippen molar-refractivity contribution in [3.8, 4) is 0 Å². The summed E-state index contributed by atoms with van der Waals surface area (Å²) in [6.07, 6.45) is 2.09. The molecule has 1 N–H and O–H groups in total. The first-order valence-electron chi connectivity index (χ1n) is 10.3. The van der Waals surface area contributed by atoms with Crippen LogP contribution >= 0.6 is 23.2 Å². The summed E-state index contributed by atoms with van der Waals surface area (Å²) in [7, 11) is -1.81. The molecule has 1 aliphatic heterocycles. The highest BCUT2D eigenvalue weighted by Crippen LogP contribution is 2.37. The van der Waals surface area contributed by atoms with E-state index in [1.807, 2.05) is 19.1 Å². The van der Waals surface area contributed by atoms with Crippen molar-refractivity contribution in [3.05, 3.63) is 33.3 Å². The van der Waals surface area contributed by atoms with Crippen molar-refractivity contribution in [2.45, 2.75) is 77.3 Å². The first kappa shape index (κ1) is 23.2. The Bertz CT molecular complexity index is 585. The van der Waals surface area contributed by atoms with E-state index in [2.05, 4.69) is 33.0 Å². The van der Waals surface area contributed by atoms with Crippen LogP contribution in [-0.4, -0.2) is 33.6 Å². The van der Waals surface area contributed by atoms with Crippen molar-refractivity contribution >= 4 is 31.5 Å². The number of aryl methyl sites for hydroxylation is 1. The highest BCUT2D eigenvalue weighted by Gasteiger charge is 2.35. The average molecular weight is 433 g/mol. The van der Waals surface area contributed by atoms with Gasteiger partial charge in [0.25, 0.3) is 0 Å². The van der Waals surface area contributed by atoms with Crippen molar-refractivity contribution in [1.82, 2.24) is 5.32 Å². The maximum atomic E-state index is 6.84. The van der Waals surface area contributed by atoms with Crippen LogP contribution in [0.5, 0.6) is 0 Å². The molecule has 154 valence electrons. The van der Waals surface area contributed by atoms with Gasteiger partial charge in [0.05, 0.1) is 11.7 Å². The number of hydrogen-bond donors (Lipinski definition) is 1. The summed E-state index contributed by atoms with van der Waals surface area (Å²) in [5, 5.41) is 4.98. The summed E-state index contributed by atoms with van der Waals surface area (Å²) in [4.78, 5) is 0. The molecule has 3 nitrogen and oxygen atoms in total. The van der Waals surface area contributed by atoms with Gasteiger partial charge in [0.1, 0.15) is 0 Å². The minimum Gasteiger partial charge on any atom is -0.409 e. The fraction of sp³-hybridized carbons (Fsp3) is 0.714. The second kappa shape index (κ2) is 10.1. The van der Waals surface area contributed by atoms with Crippen LogP contribution in [0.1, 0.15) is 57.8 Å². The van der Waals surface area contributed by atoms with Gasteiger partial charge in [-0.1, -0.05) is 44.0 Å². The van der Waals surface area contributed by atoms with Gasteiger partial charge in [-0.3, -0.25) is 0 Å². The molecule has 27 heavy (non-hydrogen) atoms.